The lowest BCUT2D eigenvalue weighted by atomic mass is 9.89. The van der Waals surface area contributed by atoms with Crippen LogP contribution in [0.5, 0.6) is 0 Å². The average Bonchev–Trinajstić information content (AvgIpc) is 2.48. The highest BCUT2D eigenvalue weighted by atomic mass is 35.5. The van der Waals surface area contributed by atoms with Gasteiger partial charge < -0.3 is 10.1 Å². The molecule has 1 aromatic carbocycles. The number of rotatable bonds is 6. The van der Waals surface area contributed by atoms with Crippen molar-refractivity contribution in [2.75, 3.05) is 19.8 Å². The first-order valence-corrected chi connectivity index (χ1v) is 7.83. The van der Waals surface area contributed by atoms with Crippen molar-refractivity contribution in [1.29, 1.82) is 0 Å². The lowest BCUT2D eigenvalue weighted by molar-refractivity contribution is 0.0392. The summed E-state index contributed by atoms with van der Waals surface area (Å²) in [5, 5.41) is 4.14. The van der Waals surface area contributed by atoms with Gasteiger partial charge in [-0.05, 0) is 61.9 Å². The van der Waals surface area contributed by atoms with Crippen LogP contribution in [0, 0.1) is 11.7 Å². The van der Waals surface area contributed by atoms with Gasteiger partial charge in [0, 0.05) is 17.7 Å². The van der Waals surface area contributed by atoms with Gasteiger partial charge >= 0.3 is 0 Å². The van der Waals surface area contributed by atoms with E-state index in [4.69, 9.17) is 16.3 Å². The number of halogens is 2. The van der Waals surface area contributed by atoms with Gasteiger partial charge in [-0.2, -0.15) is 0 Å². The molecule has 0 bridgehead atoms. The minimum absolute atomic E-state index is 0.172. The maximum atomic E-state index is 13.9. The molecule has 0 saturated carbocycles. The molecule has 0 radical (unpaired) electrons. The Bertz CT molecular complexity index is 421. The monoisotopic (exact) mass is 299 g/mol. The van der Waals surface area contributed by atoms with Crippen molar-refractivity contribution in [2.45, 2.75) is 38.6 Å². The molecule has 1 aromatic rings. The predicted molar refractivity (Wildman–Crippen MR) is 80.7 cm³/mol. The maximum absolute atomic E-state index is 13.9. The lowest BCUT2D eigenvalue weighted by Gasteiger charge is -2.31. The molecular formula is C16H23ClFNO. The van der Waals surface area contributed by atoms with Crippen molar-refractivity contribution in [3.63, 3.8) is 0 Å². The Hall–Kier alpha value is -0.640. The van der Waals surface area contributed by atoms with E-state index in [9.17, 15) is 4.39 Å². The number of hydrogen-bond donors (Lipinski definition) is 1. The van der Waals surface area contributed by atoms with E-state index in [-0.39, 0.29) is 11.9 Å². The zero-order valence-corrected chi connectivity index (χ0v) is 12.8. The molecule has 1 heterocycles. The van der Waals surface area contributed by atoms with Crippen molar-refractivity contribution in [2.24, 2.45) is 5.92 Å². The van der Waals surface area contributed by atoms with Gasteiger partial charge in [-0.25, -0.2) is 4.39 Å². The molecule has 20 heavy (non-hydrogen) atoms. The number of nitrogens with one attached hydrogen (secondary N) is 1. The Labute approximate surface area is 125 Å². The van der Waals surface area contributed by atoms with Gasteiger partial charge in [-0.3, -0.25) is 0 Å². The van der Waals surface area contributed by atoms with Crippen LogP contribution >= 0.6 is 11.6 Å². The third-order valence-electron chi connectivity index (χ3n) is 3.87. The second-order valence-corrected chi connectivity index (χ2v) is 5.91. The molecule has 0 aliphatic carbocycles. The standard InChI is InChI=1S/C16H23ClFNO/c1-2-7-19-16(12-4-3-8-20-11-12)10-13-9-14(17)5-6-15(13)18/h5-6,9,12,16,19H,2-4,7-8,10-11H2,1H3. The minimum atomic E-state index is -0.172. The van der Waals surface area contributed by atoms with E-state index in [0.717, 1.165) is 39.0 Å². The summed E-state index contributed by atoms with van der Waals surface area (Å²) in [6.07, 6.45) is 3.97. The molecule has 2 nitrogen and oxygen atoms in total. The smallest absolute Gasteiger partial charge is 0.126 e. The second kappa shape index (κ2) is 7.96. The van der Waals surface area contributed by atoms with Crippen molar-refractivity contribution < 1.29 is 9.13 Å². The molecule has 1 fully saturated rings. The van der Waals surface area contributed by atoms with E-state index >= 15 is 0 Å². The zero-order valence-electron chi connectivity index (χ0n) is 12.0. The van der Waals surface area contributed by atoms with Gasteiger partial charge in [0.1, 0.15) is 5.82 Å². The van der Waals surface area contributed by atoms with Crippen LogP contribution in [-0.2, 0) is 11.2 Å². The van der Waals surface area contributed by atoms with Crippen LogP contribution in [0.25, 0.3) is 0 Å². The Morgan fingerprint density at radius 2 is 2.35 bits per heavy atom. The van der Waals surface area contributed by atoms with E-state index in [0.29, 0.717) is 22.9 Å². The highest BCUT2D eigenvalue weighted by Gasteiger charge is 2.24. The lowest BCUT2D eigenvalue weighted by Crippen LogP contribution is -2.42. The van der Waals surface area contributed by atoms with E-state index in [1.54, 1.807) is 12.1 Å². The Balaban J connectivity index is 2.07. The molecule has 1 N–H and O–H groups in total. The van der Waals surface area contributed by atoms with Gasteiger partial charge in [-0.1, -0.05) is 18.5 Å². The van der Waals surface area contributed by atoms with Gasteiger partial charge in [0.25, 0.3) is 0 Å². The summed E-state index contributed by atoms with van der Waals surface area (Å²) in [6.45, 7) is 4.71. The zero-order chi connectivity index (χ0) is 14.4. The van der Waals surface area contributed by atoms with Crippen LogP contribution in [0.15, 0.2) is 18.2 Å². The molecule has 0 spiro atoms. The summed E-state index contributed by atoms with van der Waals surface area (Å²) in [7, 11) is 0. The topological polar surface area (TPSA) is 21.3 Å². The number of benzene rings is 1. The van der Waals surface area contributed by atoms with Crippen LogP contribution in [0.1, 0.15) is 31.7 Å². The fourth-order valence-electron chi connectivity index (χ4n) is 2.75. The van der Waals surface area contributed by atoms with Crippen molar-refractivity contribution in [3.8, 4) is 0 Å². The van der Waals surface area contributed by atoms with Crippen LogP contribution in [0.3, 0.4) is 0 Å². The van der Waals surface area contributed by atoms with Crippen LogP contribution in [0.2, 0.25) is 5.02 Å². The summed E-state index contributed by atoms with van der Waals surface area (Å²) in [5.41, 5.74) is 0.691. The van der Waals surface area contributed by atoms with Crippen molar-refractivity contribution in [3.05, 3.63) is 34.6 Å². The summed E-state index contributed by atoms with van der Waals surface area (Å²) in [5.74, 6) is 0.281. The number of ether oxygens (including phenoxy) is 1. The first kappa shape index (κ1) is 15.7. The quantitative estimate of drug-likeness (QED) is 0.862. The molecule has 4 heteroatoms. The molecule has 1 aliphatic heterocycles. The van der Waals surface area contributed by atoms with E-state index < -0.39 is 0 Å². The molecule has 1 aliphatic rings. The van der Waals surface area contributed by atoms with Gasteiger partial charge in [-0.15, -0.1) is 0 Å². The molecule has 1 saturated heterocycles. The van der Waals surface area contributed by atoms with Crippen LogP contribution in [0.4, 0.5) is 4.39 Å². The molecule has 2 rings (SSSR count). The third-order valence-corrected chi connectivity index (χ3v) is 4.10. The maximum Gasteiger partial charge on any atom is 0.126 e. The first-order chi connectivity index (χ1) is 9.70. The summed E-state index contributed by atoms with van der Waals surface area (Å²) in [6, 6.07) is 5.04. The molecule has 0 aromatic heterocycles. The third kappa shape index (κ3) is 4.44. The summed E-state index contributed by atoms with van der Waals surface area (Å²) < 4.78 is 19.5. The van der Waals surface area contributed by atoms with Crippen LogP contribution < -0.4 is 5.32 Å². The summed E-state index contributed by atoms with van der Waals surface area (Å²) in [4.78, 5) is 0. The van der Waals surface area contributed by atoms with Crippen molar-refractivity contribution >= 4 is 11.6 Å². The van der Waals surface area contributed by atoms with E-state index in [1.165, 1.54) is 6.07 Å². The average molecular weight is 300 g/mol. The highest BCUT2D eigenvalue weighted by Crippen LogP contribution is 2.23. The largest absolute Gasteiger partial charge is 0.381 e. The van der Waals surface area contributed by atoms with Gasteiger partial charge in [0.2, 0.25) is 0 Å². The Morgan fingerprint density at radius 3 is 3.05 bits per heavy atom. The minimum Gasteiger partial charge on any atom is -0.381 e. The normalized spacial score (nSPS) is 20.9. The molecule has 112 valence electrons. The molecular weight excluding hydrogens is 277 g/mol. The second-order valence-electron chi connectivity index (χ2n) is 5.48. The summed E-state index contributed by atoms with van der Waals surface area (Å²) >= 11 is 5.98. The SMILES string of the molecule is CCCNC(Cc1cc(Cl)ccc1F)C1CCCOC1. The van der Waals surface area contributed by atoms with E-state index in [2.05, 4.69) is 12.2 Å². The first-order valence-electron chi connectivity index (χ1n) is 7.45. The Kier molecular flexibility index (Phi) is 6.27. The fraction of sp³-hybridized carbons (Fsp3) is 0.625. The predicted octanol–water partition coefficient (Wildman–Crippen LogP) is 3.82. The van der Waals surface area contributed by atoms with Crippen molar-refractivity contribution in [1.82, 2.24) is 5.32 Å². The van der Waals surface area contributed by atoms with Crippen LogP contribution in [-0.4, -0.2) is 25.8 Å². The Morgan fingerprint density at radius 1 is 1.50 bits per heavy atom. The van der Waals surface area contributed by atoms with E-state index in [1.807, 2.05) is 0 Å². The highest BCUT2D eigenvalue weighted by molar-refractivity contribution is 6.30. The van der Waals surface area contributed by atoms with Gasteiger partial charge in [0.05, 0.1) is 6.61 Å². The molecule has 2 atom stereocenters. The molecule has 0 amide bonds. The molecule has 2 unspecified atom stereocenters. The van der Waals surface area contributed by atoms with Gasteiger partial charge in [0.15, 0.2) is 0 Å². The number of hydrogen-bond acceptors (Lipinski definition) is 2. The fourth-order valence-corrected chi connectivity index (χ4v) is 2.95.